The van der Waals surface area contributed by atoms with E-state index in [2.05, 4.69) is 24.1 Å². The molecule has 5 nitrogen and oxygen atoms in total. The van der Waals surface area contributed by atoms with Crippen molar-refractivity contribution < 1.29 is 13.9 Å². The van der Waals surface area contributed by atoms with Crippen LogP contribution in [0, 0.1) is 13.8 Å². The van der Waals surface area contributed by atoms with Gasteiger partial charge in [-0.3, -0.25) is 4.79 Å². The number of carbonyl (C=O) groups is 1. The summed E-state index contributed by atoms with van der Waals surface area (Å²) in [5.41, 5.74) is 6.05. The third kappa shape index (κ3) is 3.47. The van der Waals surface area contributed by atoms with Crippen molar-refractivity contribution in [1.29, 1.82) is 0 Å². The summed E-state index contributed by atoms with van der Waals surface area (Å²) < 4.78 is 11.1. The number of hydrogen-bond acceptors (Lipinski definition) is 4. The summed E-state index contributed by atoms with van der Waals surface area (Å²) >= 11 is 0. The monoisotopic (exact) mass is 372 g/mol. The maximum Gasteiger partial charge on any atom is 0.255 e. The summed E-state index contributed by atoms with van der Waals surface area (Å²) in [5.74, 6) is 1.01. The van der Waals surface area contributed by atoms with Crippen LogP contribution in [0.25, 0.3) is 22.6 Å². The maximum atomic E-state index is 12.4. The first-order valence-corrected chi connectivity index (χ1v) is 8.97. The molecule has 28 heavy (non-hydrogen) atoms. The predicted molar refractivity (Wildman–Crippen MR) is 110 cm³/mol. The van der Waals surface area contributed by atoms with E-state index in [0.29, 0.717) is 22.9 Å². The Balaban J connectivity index is 1.54. The highest BCUT2D eigenvalue weighted by atomic mass is 16.5. The molecule has 3 aromatic carbocycles. The lowest BCUT2D eigenvalue weighted by atomic mass is 10.1. The Morgan fingerprint density at radius 1 is 1.00 bits per heavy atom. The van der Waals surface area contributed by atoms with Crippen LogP contribution in [0.1, 0.15) is 21.5 Å². The number of aryl methyl sites for hydroxylation is 2. The van der Waals surface area contributed by atoms with Gasteiger partial charge in [0.2, 0.25) is 5.89 Å². The van der Waals surface area contributed by atoms with Crippen molar-refractivity contribution >= 4 is 22.7 Å². The Labute approximate surface area is 163 Å². The van der Waals surface area contributed by atoms with Gasteiger partial charge in [-0.05, 0) is 79.6 Å². The molecule has 0 bridgehead atoms. The van der Waals surface area contributed by atoms with Gasteiger partial charge in [-0.25, -0.2) is 4.98 Å². The summed E-state index contributed by atoms with van der Waals surface area (Å²) in [6.07, 6.45) is 0. The molecule has 140 valence electrons. The topological polar surface area (TPSA) is 64.4 Å². The largest absolute Gasteiger partial charge is 0.497 e. The van der Waals surface area contributed by atoms with Crippen LogP contribution in [0.5, 0.6) is 5.75 Å². The molecule has 0 aliphatic carbocycles. The van der Waals surface area contributed by atoms with E-state index in [0.717, 1.165) is 16.7 Å². The minimum atomic E-state index is -0.195. The van der Waals surface area contributed by atoms with E-state index in [1.807, 2.05) is 36.4 Å². The molecule has 0 atom stereocenters. The van der Waals surface area contributed by atoms with Gasteiger partial charge in [-0.15, -0.1) is 0 Å². The highest BCUT2D eigenvalue weighted by Crippen LogP contribution is 2.27. The Bertz CT molecular complexity index is 1120. The van der Waals surface area contributed by atoms with Gasteiger partial charge in [-0.2, -0.15) is 0 Å². The Kier molecular flexibility index (Phi) is 4.57. The molecule has 0 unspecified atom stereocenters. The number of nitrogens with zero attached hydrogens (tertiary/aromatic N) is 1. The molecule has 1 aromatic heterocycles. The molecule has 4 rings (SSSR count). The van der Waals surface area contributed by atoms with Crippen molar-refractivity contribution in [3.8, 4) is 17.2 Å². The summed E-state index contributed by atoms with van der Waals surface area (Å²) in [5, 5.41) is 2.88. The number of anilines is 1. The zero-order valence-corrected chi connectivity index (χ0v) is 15.9. The number of oxazole rings is 1. The molecule has 1 amide bonds. The number of benzene rings is 3. The SMILES string of the molecule is COc1cccc(C(=O)Nc2ccc(-c3nc4cc(C)c(C)cc4o3)cc2)c1. The summed E-state index contributed by atoms with van der Waals surface area (Å²) in [6.45, 7) is 4.11. The fraction of sp³-hybridized carbons (Fsp3) is 0.130. The first-order chi connectivity index (χ1) is 13.5. The standard InChI is InChI=1S/C23H20N2O3/c1-14-11-20-21(12-15(14)2)28-23(25-20)16-7-9-18(10-8-16)24-22(26)17-5-4-6-19(13-17)27-3/h4-13H,1-3H3,(H,24,26). The first-order valence-electron chi connectivity index (χ1n) is 8.97. The highest BCUT2D eigenvalue weighted by Gasteiger charge is 2.11. The highest BCUT2D eigenvalue weighted by molar-refractivity contribution is 6.04. The van der Waals surface area contributed by atoms with Crippen molar-refractivity contribution in [1.82, 2.24) is 4.98 Å². The molecule has 1 heterocycles. The van der Waals surface area contributed by atoms with Gasteiger partial charge in [0.15, 0.2) is 5.58 Å². The van der Waals surface area contributed by atoms with Crippen LogP contribution in [0.4, 0.5) is 5.69 Å². The van der Waals surface area contributed by atoms with Crippen molar-refractivity contribution in [2.45, 2.75) is 13.8 Å². The van der Waals surface area contributed by atoms with Gasteiger partial charge in [0.05, 0.1) is 7.11 Å². The lowest BCUT2D eigenvalue weighted by molar-refractivity contribution is 0.102. The van der Waals surface area contributed by atoms with Crippen LogP contribution < -0.4 is 10.1 Å². The van der Waals surface area contributed by atoms with E-state index in [9.17, 15) is 4.79 Å². The molecule has 0 spiro atoms. The third-order valence-electron chi connectivity index (χ3n) is 4.73. The number of ether oxygens (including phenoxy) is 1. The number of rotatable bonds is 4. The van der Waals surface area contributed by atoms with Gasteiger partial charge in [0, 0.05) is 16.8 Å². The van der Waals surface area contributed by atoms with Crippen molar-refractivity contribution in [3.63, 3.8) is 0 Å². The molecule has 0 aliphatic rings. The molecule has 4 aromatic rings. The van der Waals surface area contributed by atoms with Gasteiger partial charge >= 0.3 is 0 Å². The minimum Gasteiger partial charge on any atom is -0.497 e. The Morgan fingerprint density at radius 2 is 1.75 bits per heavy atom. The van der Waals surface area contributed by atoms with Crippen LogP contribution in [0.15, 0.2) is 65.1 Å². The lowest BCUT2D eigenvalue weighted by Gasteiger charge is -2.07. The van der Waals surface area contributed by atoms with Crippen LogP contribution in [-0.4, -0.2) is 18.0 Å². The van der Waals surface area contributed by atoms with E-state index in [1.54, 1.807) is 31.4 Å². The van der Waals surface area contributed by atoms with E-state index < -0.39 is 0 Å². The van der Waals surface area contributed by atoms with E-state index >= 15 is 0 Å². The summed E-state index contributed by atoms with van der Waals surface area (Å²) in [7, 11) is 1.57. The summed E-state index contributed by atoms with van der Waals surface area (Å²) in [6, 6.07) is 18.5. The molecule has 5 heteroatoms. The van der Waals surface area contributed by atoms with Gasteiger partial charge in [0.25, 0.3) is 5.91 Å². The van der Waals surface area contributed by atoms with E-state index in [-0.39, 0.29) is 5.91 Å². The number of nitrogens with one attached hydrogen (secondary N) is 1. The second-order valence-electron chi connectivity index (χ2n) is 6.69. The molecule has 0 radical (unpaired) electrons. The van der Waals surface area contributed by atoms with Gasteiger partial charge in [-0.1, -0.05) is 6.07 Å². The predicted octanol–water partition coefficient (Wildman–Crippen LogP) is 5.37. The summed E-state index contributed by atoms with van der Waals surface area (Å²) in [4.78, 5) is 17.0. The fourth-order valence-corrected chi connectivity index (χ4v) is 2.97. The van der Waals surface area contributed by atoms with E-state index in [1.165, 1.54) is 11.1 Å². The number of aromatic nitrogens is 1. The Morgan fingerprint density at radius 3 is 2.50 bits per heavy atom. The third-order valence-corrected chi connectivity index (χ3v) is 4.73. The molecule has 0 saturated carbocycles. The fourth-order valence-electron chi connectivity index (χ4n) is 2.97. The molecule has 1 N–H and O–H groups in total. The first kappa shape index (κ1) is 17.8. The smallest absolute Gasteiger partial charge is 0.255 e. The van der Waals surface area contributed by atoms with Crippen LogP contribution in [0.2, 0.25) is 0 Å². The van der Waals surface area contributed by atoms with E-state index in [4.69, 9.17) is 9.15 Å². The molecule has 0 saturated heterocycles. The zero-order chi connectivity index (χ0) is 19.7. The van der Waals surface area contributed by atoms with Gasteiger partial charge in [0.1, 0.15) is 11.3 Å². The number of hydrogen-bond donors (Lipinski definition) is 1. The van der Waals surface area contributed by atoms with Crippen molar-refractivity contribution in [2.75, 3.05) is 12.4 Å². The average molecular weight is 372 g/mol. The van der Waals surface area contributed by atoms with Crippen LogP contribution >= 0.6 is 0 Å². The molecular formula is C23H20N2O3. The van der Waals surface area contributed by atoms with Crippen LogP contribution in [-0.2, 0) is 0 Å². The normalized spacial score (nSPS) is 10.8. The quantitative estimate of drug-likeness (QED) is 0.523. The molecular weight excluding hydrogens is 352 g/mol. The zero-order valence-electron chi connectivity index (χ0n) is 15.9. The number of carbonyl (C=O) groups excluding carboxylic acids is 1. The number of amides is 1. The Hall–Kier alpha value is -3.60. The number of fused-ring (bicyclic) bond motifs is 1. The maximum absolute atomic E-state index is 12.4. The second-order valence-corrected chi connectivity index (χ2v) is 6.69. The van der Waals surface area contributed by atoms with Crippen molar-refractivity contribution in [3.05, 3.63) is 77.4 Å². The average Bonchev–Trinajstić information content (AvgIpc) is 3.11. The minimum absolute atomic E-state index is 0.195. The lowest BCUT2D eigenvalue weighted by Crippen LogP contribution is -2.11. The van der Waals surface area contributed by atoms with Crippen molar-refractivity contribution in [2.24, 2.45) is 0 Å². The molecule has 0 fully saturated rings. The van der Waals surface area contributed by atoms with Gasteiger partial charge < -0.3 is 14.5 Å². The second kappa shape index (κ2) is 7.19. The number of methoxy groups -OCH3 is 1. The molecule has 0 aliphatic heterocycles. The van der Waals surface area contributed by atoms with Crippen LogP contribution in [0.3, 0.4) is 0 Å².